The lowest BCUT2D eigenvalue weighted by Gasteiger charge is -2.03. The predicted molar refractivity (Wildman–Crippen MR) is 58.1 cm³/mol. The molecular formula is C12H13Cl. The molecule has 1 aromatic rings. The zero-order valence-corrected chi connectivity index (χ0v) is 9.00. The lowest BCUT2D eigenvalue weighted by molar-refractivity contribution is 1.27. The van der Waals surface area contributed by atoms with E-state index in [1.54, 1.807) is 0 Å². The molecule has 68 valence electrons. The molecule has 0 fully saturated rings. The van der Waals surface area contributed by atoms with Gasteiger partial charge in [0.05, 0.1) is 5.02 Å². The van der Waals surface area contributed by atoms with Crippen LogP contribution >= 0.6 is 11.6 Å². The summed E-state index contributed by atoms with van der Waals surface area (Å²) in [5.74, 6) is 6.07. The normalized spacial score (nSPS) is 9.23. The Morgan fingerprint density at radius 3 is 2.62 bits per heavy atom. The Kier molecular flexibility index (Phi) is 3.39. The molecule has 0 saturated heterocycles. The topological polar surface area (TPSA) is 0 Å². The maximum atomic E-state index is 6.13. The first-order valence-corrected chi connectivity index (χ1v) is 4.79. The van der Waals surface area contributed by atoms with Gasteiger partial charge in [0.15, 0.2) is 0 Å². The number of benzene rings is 1. The molecule has 0 aliphatic carbocycles. The summed E-state index contributed by atoms with van der Waals surface area (Å²) in [6.45, 7) is 6.11. The molecule has 1 heteroatoms. The van der Waals surface area contributed by atoms with Crippen LogP contribution in [0.2, 0.25) is 5.02 Å². The second-order valence-electron chi connectivity index (χ2n) is 3.02. The molecule has 0 aliphatic heterocycles. The van der Waals surface area contributed by atoms with Gasteiger partial charge in [-0.2, -0.15) is 0 Å². The maximum Gasteiger partial charge on any atom is 0.0594 e. The van der Waals surface area contributed by atoms with E-state index in [9.17, 15) is 0 Å². The zero-order valence-electron chi connectivity index (χ0n) is 8.24. The number of rotatable bonds is 0. The lowest BCUT2D eigenvalue weighted by Crippen LogP contribution is -1.86. The number of hydrogen-bond acceptors (Lipinski definition) is 0. The van der Waals surface area contributed by atoms with Crippen molar-refractivity contribution >= 4 is 11.6 Å². The molecule has 1 aromatic carbocycles. The quantitative estimate of drug-likeness (QED) is 0.550. The summed E-state index contributed by atoms with van der Waals surface area (Å²) in [4.78, 5) is 0. The zero-order chi connectivity index (χ0) is 9.84. The highest BCUT2D eigenvalue weighted by Gasteiger charge is 2.02. The first-order valence-electron chi connectivity index (χ1n) is 4.41. The summed E-state index contributed by atoms with van der Waals surface area (Å²) in [7, 11) is 0. The Labute approximate surface area is 84.9 Å². The smallest absolute Gasteiger partial charge is 0.0594 e. The fourth-order valence-corrected chi connectivity index (χ4v) is 1.32. The van der Waals surface area contributed by atoms with Crippen molar-refractivity contribution in [2.75, 3.05) is 0 Å². The van der Waals surface area contributed by atoms with Crippen molar-refractivity contribution in [3.63, 3.8) is 0 Å². The van der Waals surface area contributed by atoms with E-state index in [1.807, 2.05) is 19.9 Å². The average Bonchev–Trinajstić information content (AvgIpc) is 2.13. The van der Waals surface area contributed by atoms with Crippen molar-refractivity contribution < 1.29 is 0 Å². The molecule has 0 atom stereocenters. The summed E-state index contributed by atoms with van der Waals surface area (Å²) in [6.07, 6.45) is 0.864. The number of aryl methyl sites for hydroxylation is 1. The van der Waals surface area contributed by atoms with Crippen LogP contribution < -0.4 is 0 Å². The second-order valence-corrected chi connectivity index (χ2v) is 3.40. The molecule has 0 unspecified atom stereocenters. The van der Waals surface area contributed by atoms with E-state index in [2.05, 4.69) is 24.8 Å². The van der Waals surface area contributed by atoms with Crippen molar-refractivity contribution in [2.45, 2.75) is 27.2 Å². The van der Waals surface area contributed by atoms with Gasteiger partial charge in [0.25, 0.3) is 0 Å². The monoisotopic (exact) mass is 192 g/mol. The van der Waals surface area contributed by atoms with Crippen LogP contribution in [-0.4, -0.2) is 0 Å². The summed E-state index contributed by atoms with van der Waals surface area (Å²) in [6, 6.07) is 4.04. The Morgan fingerprint density at radius 1 is 1.31 bits per heavy atom. The molecule has 0 aromatic heterocycles. The van der Waals surface area contributed by atoms with Crippen LogP contribution in [0.5, 0.6) is 0 Å². The number of halogens is 1. The molecule has 0 aliphatic rings. The molecule has 1 rings (SSSR count). The summed E-state index contributed by atoms with van der Waals surface area (Å²) >= 11 is 6.13. The van der Waals surface area contributed by atoms with Gasteiger partial charge in [-0.25, -0.2) is 0 Å². The van der Waals surface area contributed by atoms with Crippen molar-refractivity contribution in [2.24, 2.45) is 0 Å². The maximum absolute atomic E-state index is 6.13. The molecule has 0 heterocycles. The molecule has 0 bridgehead atoms. The molecule has 0 amide bonds. The molecule has 0 nitrogen and oxygen atoms in total. The van der Waals surface area contributed by atoms with E-state index < -0.39 is 0 Å². The third-order valence-electron chi connectivity index (χ3n) is 2.06. The Bertz CT molecular complexity index is 367. The van der Waals surface area contributed by atoms with Crippen LogP contribution in [0.15, 0.2) is 12.1 Å². The summed E-state index contributed by atoms with van der Waals surface area (Å²) in [5, 5.41) is 0.793. The summed E-state index contributed by atoms with van der Waals surface area (Å²) < 4.78 is 0. The van der Waals surface area contributed by atoms with Crippen molar-refractivity contribution in [3.8, 4) is 11.8 Å². The van der Waals surface area contributed by atoms with Gasteiger partial charge >= 0.3 is 0 Å². The fraction of sp³-hybridized carbons (Fsp3) is 0.333. The van der Waals surface area contributed by atoms with E-state index in [4.69, 9.17) is 11.6 Å². The SMILES string of the molecule is CCC#Cc1ccc(C)c(C)c1Cl. The minimum absolute atomic E-state index is 0.793. The van der Waals surface area contributed by atoms with Crippen LogP contribution in [-0.2, 0) is 0 Å². The Morgan fingerprint density at radius 2 is 2.00 bits per heavy atom. The van der Waals surface area contributed by atoms with Crippen LogP contribution in [0.1, 0.15) is 30.0 Å². The largest absolute Gasteiger partial charge is 0.0981 e. The number of hydrogen-bond donors (Lipinski definition) is 0. The second kappa shape index (κ2) is 4.35. The lowest BCUT2D eigenvalue weighted by atomic mass is 10.1. The van der Waals surface area contributed by atoms with Gasteiger partial charge in [-0.1, -0.05) is 36.4 Å². The third-order valence-corrected chi connectivity index (χ3v) is 2.54. The van der Waals surface area contributed by atoms with E-state index in [0.717, 1.165) is 22.6 Å². The van der Waals surface area contributed by atoms with Crippen LogP contribution in [0.3, 0.4) is 0 Å². The highest BCUT2D eigenvalue weighted by atomic mass is 35.5. The van der Waals surface area contributed by atoms with Gasteiger partial charge in [-0.15, -0.1) is 0 Å². The molecule has 0 radical (unpaired) electrons. The van der Waals surface area contributed by atoms with E-state index in [-0.39, 0.29) is 0 Å². The van der Waals surface area contributed by atoms with Gasteiger partial charge in [0.1, 0.15) is 0 Å². The Balaban J connectivity index is 3.18. The van der Waals surface area contributed by atoms with Gasteiger partial charge < -0.3 is 0 Å². The van der Waals surface area contributed by atoms with Gasteiger partial charge in [-0.05, 0) is 31.0 Å². The summed E-state index contributed by atoms with van der Waals surface area (Å²) in [5.41, 5.74) is 3.28. The molecule has 0 saturated carbocycles. The predicted octanol–water partition coefficient (Wildman–Crippen LogP) is 3.72. The van der Waals surface area contributed by atoms with E-state index in [1.165, 1.54) is 5.56 Å². The standard InChI is InChI=1S/C12H13Cl/c1-4-5-6-11-8-7-9(2)10(3)12(11)13/h7-8H,4H2,1-3H3. The van der Waals surface area contributed by atoms with Crippen LogP contribution in [0.25, 0.3) is 0 Å². The van der Waals surface area contributed by atoms with Gasteiger partial charge in [0, 0.05) is 12.0 Å². The highest BCUT2D eigenvalue weighted by molar-refractivity contribution is 6.32. The van der Waals surface area contributed by atoms with Crippen molar-refractivity contribution in [3.05, 3.63) is 33.8 Å². The van der Waals surface area contributed by atoms with Crippen molar-refractivity contribution in [1.29, 1.82) is 0 Å². The van der Waals surface area contributed by atoms with Gasteiger partial charge in [0.2, 0.25) is 0 Å². The van der Waals surface area contributed by atoms with Gasteiger partial charge in [-0.3, -0.25) is 0 Å². The van der Waals surface area contributed by atoms with Crippen LogP contribution in [0.4, 0.5) is 0 Å². The van der Waals surface area contributed by atoms with Crippen LogP contribution in [0, 0.1) is 25.7 Å². The molecule has 0 spiro atoms. The third kappa shape index (κ3) is 2.26. The van der Waals surface area contributed by atoms with Crippen molar-refractivity contribution in [1.82, 2.24) is 0 Å². The first kappa shape index (κ1) is 10.2. The first-order chi connectivity index (χ1) is 6.16. The fourth-order valence-electron chi connectivity index (χ4n) is 1.06. The van der Waals surface area contributed by atoms with E-state index in [0.29, 0.717) is 0 Å². The average molecular weight is 193 g/mol. The molecule has 0 N–H and O–H groups in total. The molecular weight excluding hydrogens is 180 g/mol. The minimum atomic E-state index is 0.793. The molecule has 13 heavy (non-hydrogen) atoms. The minimum Gasteiger partial charge on any atom is -0.0981 e. The highest BCUT2D eigenvalue weighted by Crippen LogP contribution is 2.22. The van der Waals surface area contributed by atoms with E-state index >= 15 is 0 Å². The Hall–Kier alpha value is -0.930.